The Bertz CT molecular complexity index is 777. The fourth-order valence-electron chi connectivity index (χ4n) is 3.11. The zero-order valence-corrected chi connectivity index (χ0v) is 14.8. The highest BCUT2D eigenvalue weighted by Gasteiger charge is 2.34. The Morgan fingerprint density at radius 3 is 2.88 bits per heavy atom. The van der Waals surface area contributed by atoms with Gasteiger partial charge in [0.2, 0.25) is 0 Å². The van der Waals surface area contributed by atoms with E-state index in [1.165, 1.54) is 12.1 Å². The van der Waals surface area contributed by atoms with Crippen molar-refractivity contribution in [2.24, 2.45) is 11.3 Å². The van der Waals surface area contributed by atoms with E-state index in [-0.39, 0.29) is 16.9 Å². The molecule has 0 bridgehead atoms. The Kier molecular flexibility index (Phi) is 4.30. The van der Waals surface area contributed by atoms with Gasteiger partial charge in [0.25, 0.3) is 5.91 Å². The van der Waals surface area contributed by atoms with Crippen molar-refractivity contribution in [3.05, 3.63) is 40.2 Å². The van der Waals surface area contributed by atoms with Crippen LogP contribution in [0, 0.1) is 11.3 Å². The molecule has 0 radical (unpaired) electrons. The first kappa shape index (κ1) is 16.8. The Labute approximate surface area is 146 Å². The molecule has 0 fully saturated rings. The molecule has 24 heavy (non-hydrogen) atoms. The van der Waals surface area contributed by atoms with Gasteiger partial charge in [-0.05, 0) is 42.4 Å². The monoisotopic (exact) mass is 348 g/mol. The highest BCUT2D eigenvalue weighted by atomic mass is 35.5. The summed E-state index contributed by atoms with van der Waals surface area (Å²) < 4.78 is 5.36. The highest BCUT2D eigenvalue weighted by molar-refractivity contribution is 6.31. The number of fused-ring (bicyclic) bond motifs is 1. The van der Waals surface area contributed by atoms with Crippen molar-refractivity contribution in [1.82, 2.24) is 5.16 Å². The summed E-state index contributed by atoms with van der Waals surface area (Å²) in [5.41, 5.74) is 1.58. The third-order valence-electron chi connectivity index (χ3n) is 4.69. The summed E-state index contributed by atoms with van der Waals surface area (Å²) in [7, 11) is 0. The van der Waals surface area contributed by atoms with Crippen LogP contribution in [0.15, 0.2) is 22.7 Å². The lowest BCUT2D eigenvalue weighted by Gasteiger charge is -2.33. The number of aromatic nitrogens is 1. The third-order valence-corrected chi connectivity index (χ3v) is 4.92. The van der Waals surface area contributed by atoms with Crippen molar-refractivity contribution in [1.29, 1.82) is 0 Å². The molecule has 0 aliphatic heterocycles. The number of hydrogen-bond acceptors (Lipinski definition) is 4. The van der Waals surface area contributed by atoms with Crippen LogP contribution >= 0.6 is 11.6 Å². The molecule has 0 unspecified atom stereocenters. The fourth-order valence-corrected chi connectivity index (χ4v) is 3.28. The third kappa shape index (κ3) is 3.26. The number of nitrogens with one attached hydrogen (secondary N) is 1. The summed E-state index contributed by atoms with van der Waals surface area (Å²) in [6.07, 6.45) is 2.59. The number of rotatable bonds is 2. The summed E-state index contributed by atoms with van der Waals surface area (Å²) in [5, 5.41) is 16.9. The van der Waals surface area contributed by atoms with E-state index in [1.807, 2.05) is 0 Å². The lowest BCUT2D eigenvalue weighted by molar-refractivity contribution is 0.101. The lowest BCUT2D eigenvalue weighted by Crippen LogP contribution is -2.27. The molecule has 1 atom stereocenters. The quantitative estimate of drug-likeness (QED) is 0.787. The van der Waals surface area contributed by atoms with Gasteiger partial charge in [0, 0.05) is 17.0 Å². The molecule has 1 aliphatic carbocycles. The van der Waals surface area contributed by atoms with Crippen LogP contribution in [-0.2, 0) is 12.8 Å². The van der Waals surface area contributed by atoms with Gasteiger partial charge in [-0.1, -0.05) is 37.5 Å². The topological polar surface area (TPSA) is 75.4 Å². The molecule has 6 heteroatoms. The highest BCUT2D eigenvalue weighted by Crippen LogP contribution is 2.38. The molecule has 5 nitrogen and oxygen atoms in total. The molecule has 0 spiro atoms. The van der Waals surface area contributed by atoms with Crippen LogP contribution in [0.5, 0.6) is 5.75 Å². The SMILES string of the molecule is CC(C)(C)[C@@H]1CCc2onc(C(=O)Nc3cc(Cl)ccc3O)c2C1. The average molecular weight is 349 g/mol. The number of aryl methyl sites for hydroxylation is 1. The first-order valence-electron chi connectivity index (χ1n) is 8.03. The molecule has 1 heterocycles. The zero-order chi connectivity index (χ0) is 17.5. The molecule has 0 saturated heterocycles. The number of hydrogen-bond donors (Lipinski definition) is 2. The second kappa shape index (κ2) is 6.13. The summed E-state index contributed by atoms with van der Waals surface area (Å²) in [4.78, 5) is 12.6. The number of nitrogens with zero attached hydrogens (tertiary/aromatic N) is 1. The maximum atomic E-state index is 12.6. The van der Waals surface area contributed by atoms with E-state index in [1.54, 1.807) is 6.07 Å². The fraction of sp³-hybridized carbons (Fsp3) is 0.444. The van der Waals surface area contributed by atoms with Crippen molar-refractivity contribution in [2.75, 3.05) is 5.32 Å². The van der Waals surface area contributed by atoms with Gasteiger partial charge < -0.3 is 14.9 Å². The molecule has 2 aromatic rings. The number of phenolic OH excluding ortho intramolecular Hbond substituents is 1. The van der Waals surface area contributed by atoms with E-state index in [9.17, 15) is 9.90 Å². The maximum Gasteiger partial charge on any atom is 0.278 e. The van der Waals surface area contributed by atoms with Crippen LogP contribution in [0.25, 0.3) is 0 Å². The Hall–Kier alpha value is -2.01. The van der Waals surface area contributed by atoms with Crippen LogP contribution in [0.2, 0.25) is 5.02 Å². The standard InChI is InChI=1S/C18H21ClN2O3/c1-18(2,3)10-4-7-15-12(8-10)16(21-24-15)17(23)20-13-9-11(19)5-6-14(13)22/h5-6,9-10,22H,4,7-8H2,1-3H3,(H,20,23)/t10-/m1/s1. The van der Waals surface area contributed by atoms with Crippen molar-refractivity contribution in [3.8, 4) is 5.75 Å². The minimum atomic E-state index is -0.396. The number of amides is 1. The Morgan fingerprint density at radius 2 is 2.17 bits per heavy atom. The van der Waals surface area contributed by atoms with E-state index in [2.05, 4.69) is 31.2 Å². The van der Waals surface area contributed by atoms with Crippen molar-refractivity contribution in [3.63, 3.8) is 0 Å². The molecule has 1 aliphatic rings. The molecular formula is C18H21ClN2O3. The molecular weight excluding hydrogens is 328 g/mol. The van der Waals surface area contributed by atoms with Gasteiger partial charge in [-0.25, -0.2) is 0 Å². The molecule has 1 aromatic carbocycles. The van der Waals surface area contributed by atoms with Gasteiger partial charge in [-0.2, -0.15) is 0 Å². The van der Waals surface area contributed by atoms with Gasteiger partial charge in [-0.15, -0.1) is 0 Å². The normalized spacial score (nSPS) is 17.4. The number of anilines is 1. The number of phenols is 1. The first-order valence-corrected chi connectivity index (χ1v) is 8.41. The van der Waals surface area contributed by atoms with Crippen LogP contribution in [0.3, 0.4) is 0 Å². The van der Waals surface area contributed by atoms with Crippen LogP contribution in [-0.4, -0.2) is 16.2 Å². The zero-order valence-electron chi connectivity index (χ0n) is 14.0. The van der Waals surface area contributed by atoms with Crippen LogP contribution in [0.1, 0.15) is 49.0 Å². The predicted molar refractivity (Wildman–Crippen MR) is 92.5 cm³/mol. The summed E-state index contributed by atoms with van der Waals surface area (Å²) >= 11 is 5.91. The van der Waals surface area contributed by atoms with Crippen molar-refractivity contribution < 1.29 is 14.4 Å². The molecule has 128 valence electrons. The van der Waals surface area contributed by atoms with Gasteiger partial charge in [0.15, 0.2) is 5.69 Å². The van der Waals surface area contributed by atoms with Crippen LogP contribution < -0.4 is 5.32 Å². The molecule has 0 saturated carbocycles. The summed E-state index contributed by atoms with van der Waals surface area (Å²) in [6.45, 7) is 6.62. The van der Waals surface area contributed by atoms with Gasteiger partial charge in [-0.3, -0.25) is 4.79 Å². The van der Waals surface area contributed by atoms with E-state index in [0.29, 0.717) is 16.6 Å². The Balaban J connectivity index is 1.85. The number of aromatic hydroxyl groups is 1. The second-order valence-corrected chi connectivity index (χ2v) is 7.79. The molecule has 3 rings (SSSR count). The molecule has 1 aromatic heterocycles. The second-order valence-electron chi connectivity index (χ2n) is 7.35. The van der Waals surface area contributed by atoms with Gasteiger partial charge >= 0.3 is 0 Å². The smallest absolute Gasteiger partial charge is 0.278 e. The number of halogens is 1. The van der Waals surface area contributed by atoms with Gasteiger partial charge in [0.1, 0.15) is 11.5 Å². The van der Waals surface area contributed by atoms with Crippen LogP contribution in [0.4, 0.5) is 5.69 Å². The lowest BCUT2D eigenvalue weighted by atomic mass is 9.71. The van der Waals surface area contributed by atoms with Crippen molar-refractivity contribution >= 4 is 23.2 Å². The minimum Gasteiger partial charge on any atom is -0.506 e. The minimum absolute atomic E-state index is 0.0438. The molecule has 2 N–H and O–H groups in total. The molecule has 1 amide bonds. The van der Waals surface area contributed by atoms with E-state index >= 15 is 0 Å². The maximum absolute atomic E-state index is 12.6. The summed E-state index contributed by atoms with van der Waals surface area (Å²) in [5.74, 6) is 0.816. The average Bonchev–Trinajstić information content (AvgIpc) is 2.93. The van der Waals surface area contributed by atoms with E-state index < -0.39 is 5.91 Å². The summed E-state index contributed by atoms with van der Waals surface area (Å²) in [6, 6.07) is 4.49. The number of benzene rings is 1. The Morgan fingerprint density at radius 1 is 1.42 bits per heavy atom. The van der Waals surface area contributed by atoms with E-state index in [0.717, 1.165) is 30.6 Å². The first-order chi connectivity index (χ1) is 11.3. The predicted octanol–water partition coefficient (Wildman–Crippen LogP) is 4.44. The number of carbonyl (C=O) groups excluding carboxylic acids is 1. The number of carbonyl (C=O) groups is 1. The van der Waals surface area contributed by atoms with Crippen molar-refractivity contribution in [2.45, 2.75) is 40.0 Å². The van der Waals surface area contributed by atoms with E-state index in [4.69, 9.17) is 16.1 Å². The largest absolute Gasteiger partial charge is 0.506 e. The van der Waals surface area contributed by atoms with Gasteiger partial charge in [0.05, 0.1) is 5.69 Å².